The Balaban J connectivity index is 0.000000968. The van der Waals surface area contributed by atoms with Gasteiger partial charge in [0.2, 0.25) is 0 Å². The minimum atomic E-state index is 0.778. The SMILES string of the molecule is C(=Nc1ccc(N=Nc2ccc(N=Cc3ccccc3)cc2)cc1)c1ccccc1.CNC. The molecule has 0 aromatic heterocycles. The predicted octanol–water partition coefficient (Wildman–Crippen LogP) is 7.44. The van der Waals surface area contributed by atoms with Crippen LogP contribution in [0.15, 0.2) is 129 Å². The molecule has 0 aliphatic rings. The summed E-state index contributed by atoms with van der Waals surface area (Å²) >= 11 is 0. The Hall–Kier alpha value is -4.22. The maximum Gasteiger partial charge on any atom is 0.0858 e. The monoisotopic (exact) mass is 433 g/mol. The van der Waals surface area contributed by atoms with Crippen molar-refractivity contribution < 1.29 is 0 Å². The van der Waals surface area contributed by atoms with E-state index in [1.807, 2.05) is 136 Å². The molecule has 0 radical (unpaired) electrons. The number of nitrogens with zero attached hydrogens (tertiary/aromatic N) is 4. The second kappa shape index (κ2) is 13.2. The first kappa shape index (κ1) is 23.4. The van der Waals surface area contributed by atoms with E-state index >= 15 is 0 Å². The van der Waals surface area contributed by atoms with Crippen LogP contribution in [0.3, 0.4) is 0 Å². The van der Waals surface area contributed by atoms with Crippen molar-refractivity contribution in [3.63, 3.8) is 0 Å². The lowest BCUT2D eigenvalue weighted by atomic mass is 10.2. The van der Waals surface area contributed by atoms with E-state index in [-0.39, 0.29) is 0 Å². The molecule has 0 saturated carbocycles. The molecule has 0 atom stereocenters. The van der Waals surface area contributed by atoms with Crippen LogP contribution in [0.1, 0.15) is 11.1 Å². The zero-order chi connectivity index (χ0) is 23.1. The Bertz CT molecular complexity index is 1070. The molecule has 0 spiro atoms. The van der Waals surface area contributed by atoms with Gasteiger partial charge in [0.15, 0.2) is 0 Å². The third-order valence-electron chi connectivity index (χ3n) is 4.30. The van der Waals surface area contributed by atoms with Gasteiger partial charge in [-0.25, -0.2) is 0 Å². The van der Waals surface area contributed by atoms with E-state index in [0.717, 1.165) is 33.9 Å². The summed E-state index contributed by atoms with van der Waals surface area (Å²) in [6, 6.07) is 35.3. The zero-order valence-corrected chi connectivity index (χ0v) is 18.8. The highest BCUT2D eigenvalue weighted by atomic mass is 15.1. The van der Waals surface area contributed by atoms with Gasteiger partial charge in [0.25, 0.3) is 0 Å². The van der Waals surface area contributed by atoms with Crippen LogP contribution in [0.25, 0.3) is 0 Å². The number of rotatable bonds is 6. The van der Waals surface area contributed by atoms with Gasteiger partial charge in [-0.3, -0.25) is 9.98 Å². The molecule has 5 nitrogen and oxygen atoms in total. The second-order valence-electron chi connectivity index (χ2n) is 7.07. The molecule has 0 amide bonds. The van der Waals surface area contributed by atoms with E-state index in [0.29, 0.717) is 0 Å². The molecule has 4 aromatic rings. The standard InChI is InChI=1S/C26H20N4.C2H7N/c1-3-7-21(8-4-1)19-27-23-11-15-25(16-12-23)29-30-26-17-13-24(14-18-26)28-20-22-9-5-2-6-10-22;1-3-2/h1-20H;3H,1-2H3. The number of benzene rings is 4. The summed E-state index contributed by atoms with van der Waals surface area (Å²) < 4.78 is 0. The molecule has 0 aliphatic carbocycles. The van der Waals surface area contributed by atoms with Crippen molar-refractivity contribution in [3.05, 3.63) is 120 Å². The summed E-state index contributed by atoms with van der Waals surface area (Å²) in [7, 11) is 3.75. The van der Waals surface area contributed by atoms with E-state index in [2.05, 4.69) is 25.5 Å². The minimum Gasteiger partial charge on any atom is -0.323 e. The number of hydrogen-bond donors (Lipinski definition) is 1. The fourth-order valence-electron chi connectivity index (χ4n) is 2.70. The Labute approximate surface area is 195 Å². The quantitative estimate of drug-likeness (QED) is 0.249. The molecule has 5 heteroatoms. The molecule has 4 aromatic carbocycles. The number of hydrogen-bond acceptors (Lipinski definition) is 5. The molecule has 0 heterocycles. The molecule has 0 aliphatic heterocycles. The maximum absolute atomic E-state index is 4.47. The third-order valence-corrected chi connectivity index (χ3v) is 4.30. The van der Waals surface area contributed by atoms with Crippen molar-refractivity contribution in [2.45, 2.75) is 0 Å². The Morgan fingerprint density at radius 3 is 1.09 bits per heavy atom. The van der Waals surface area contributed by atoms with E-state index in [1.54, 1.807) is 0 Å². The van der Waals surface area contributed by atoms with Crippen LogP contribution in [-0.2, 0) is 0 Å². The largest absolute Gasteiger partial charge is 0.323 e. The Morgan fingerprint density at radius 1 is 0.455 bits per heavy atom. The van der Waals surface area contributed by atoms with Crippen LogP contribution in [-0.4, -0.2) is 26.5 Å². The molecule has 0 fully saturated rings. The van der Waals surface area contributed by atoms with E-state index < -0.39 is 0 Å². The van der Waals surface area contributed by atoms with Crippen LogP contribution >= 0.6 is 0 Å². The van der Waals surface area contributed by atoms with Gasteiger partial charge in [-0.15, -0.1) is 0 Å². The first-order chi connectivity index (χ1) is 16.3. The van der Waals surface area contributed by atoms with E-state index in [4.69, 9.17) is 0 Å². The van der Waals surface area contributed by atoms with Gasteiger partial charge in [0.05, 0.1) is 22.7 Å². The van der Waals surface area contributed by atoms with E-state index in [1.165, 1.54) is 0 Å². The minimum absolute atomic E-state index is 0.778. The average Bonchev–Trinajstić information content (AvgIpc) is 2.88. The van der Waals surface area contributed by atoms with Gasteiger partial charge >= 0.3 is 0 Å². The number of nitrogens with one attached hydrogen (secondary N) is 1. The summed E-state index contributed by atoms with van der Waals surface area (Å²) in [6.07, 6.45) is 3.69. The van der Waals surface area contributed by atoms with Gasteiger partial charge in [0, 0.05) is 12.4 Å². The molecular weight excluding hydrogens is 406 g/mol. The second-order valence-corrected chi connectivity index (χ2v) is 7.07. The van der Waals surface area contributed by atoms with Crippen molar-refractivity contribution in [1.82, 2.24) is 5.32 Å². The molecule has 4 rings (SSSR count). The lowest BCUT2D eigenvalue weighted by Crippen LogP contribution is -1.89. The topological polar surface area (TPSA) is 61.5 Å². The summed E-state index contributed by atoms with van der Waals surface area (Å²) in [6.45, 7) is 0. The molecular formula is C28H27N5. The normalized spacial score (nSPS) is 11.1. The van der Waals surface area contributed by atoms with Crippen LogP contribution in [0, 0.1) is 0 Å². The van der Waals surface area contributed by atoms with Crippen LogP contribution in [0.4, 0.5) is 22.7 Å². The van der Waals surface area contributed by atoms with Gasteiger partial charge in [-0.1, -0.05) is 60.7 Å². The fourth-order valence-corrected chi connectivity index (χ4v) is 2.70. The summed E-state index contributed by atoms with van der Waals surface area (Å²) in [5.74, 6) is 0. The van der Waals surface area contributed by atoms with Gasteiger partial charge in [0.1, 0.15) is 0 Å². The third kappa shape index (κ3) is 8.44. The number of azo groups is 1. The fraction of sp³-hybridized carbons (Fsp3) is 0.0714. The highest BCUT2D eigenvalue weighted by Crippen LogP contribution is 2.23. The van der Waals surface area contributed by atoms with Crippen molar-refractivity contribution in [2.75, 3.05) is 14.1 Å². The van der Waals surface area contributed by atoms with Gasteiger partial charge in [-0.05, 0) is 73.8 Å². The molecule has 0 saturated heterocycles. The Morgan fingerprint density at radius 2 is 0.758 bits per heavy atom. The first-order valence-corrected chi connectivity index (χ1v) is 10.7. The van der Waals surface area contributed by atoms with E-state index in [9.17, 15) is 0 Å². The smallest absolute Gasteiger partial charge is 0.0858 e. The van der Waals surface area contributed by atoms with Crippen LogP contribution < -0.4 is 5.32 Å². The van der Waals surface area contributed by atoms with Gasteiger partial charge in [-0.2, -0.15) is 10.2 Å². The lowest BCUT2D eigenvalue weighted by Gasteiger charge is -1.97. The summed E-state index contributed by atoms with van der Waals surface area (Å²) in [5.41, 5.74) is 5.44. The van der Waals surface area contributed by atoms with Crippen molar-refractivity contribution >= 4 is 35.2 Å². The van der Waals surface area contributed by atoms with Crippen molar-refractivity contribution in [2.24, 2.45) is 20.2 Å². The Kier molecular flexibility index (Phi) is 9.41. The zero-order valence-electron chi connectivity index (χ0n) is 18.8. The molecule has 33 heavy (non-hydrogen) atoms. The summed E-state index contributed by atoms with van der Waals surface area (Å²) in [5, 5.41) is 11.3. The van der Waals surface area contributed by atoms with Gasteiger partial charge < -0.3 is 5.32 Å². The van der Waals surface area contributed by atoms with Crippen LogP contribution in [0.5, 0.6) is 0 Å². The van der Waals surface area contributed by atoms with Crippen LogP contribution in [0.2, 0.25) is 0 Å². The lowest BCUT2D eigenvalue weighted by molar-refractivity contribution is 1.02. The molecule has 0 unspecified atom stereocenters. The summed E-state index contributed by atoms with van der Waals surface area (Å²) in [4.78, 5) is 8.95. The predicted molar refractivity (Wildman–Crippen MR) is 139 cm³/mol. The molecule has 164 valence electrons. The number of aliphatic imine (C=N–C) groups is 2. The molecule has 1 N–H and O–H groups in total. The first-order valence-electron chi connectivity index (χ1n) is 10.7. The van der Waals surface area contributed by atoms with Crippen molar-refractivity contribution in [1.29, 1.82) is 0 Å². The van der Waals surface area contributed by atoms with Crippen molar-refractivity contribution in [3.8, 4) is 0 Å². The average molecular weight is 434 g/mol. The molecule has 0 bridgehead atoms. The highest BCUT2D eigenvalue weighted by Gasteiger charge is 1.94. The highest BCUT2D eigenvalue weighted by molar-refractivity contribution is 5.82. The maximum atomic E-state index is 4.47.